The first kappa shape index (κ1) is 17.0. The summed E-state index contributed by atoms with van der Waals surface area (Å²) < 4.78 is 6.71. The van der Waals surface area contributed by atoms with Gasteiger partial charge < -0.3 is 14.3 Å². The van der Waals surface area contributed by atoms with E-state index in [1.807, 2.05) is 30.3 Å². The van der Waals surface area contributed by atoms with Gasteiger partial charge in [0.15, 0.2) is 0 Å². The van der Waals surface area contributed by atoms with E-state index in [2.05, 4.69) is 13.0 Å². The summed E-state index contributed by atoms with van der Waals surface area (Å²) in [6.07, 6.45) is 9.54. The molecule has 0 saturated carbocycles. The Labute approximate surface area is 144 Å². The molecule has 2 saturated heterocycles. The Kier molecular flexibility index (Phi) is 4.93. The number of aliphatic hydroxyl groups excluding tert-OH is 1. The second kappa shape index (κ2) is 6.96. The van der Waals surface area contributed by atoms with E-state index in [1.54, 1.807) is 0 Å². The molecule has 2 heterocycles. The van der Waals surface area contributed by atoms with Gasteiger partial charge in [0.05, 0.1) is 25.7 Å². The van der Waals surface area contributed by atoms with Crippen molar-refractivity contribution in [1.82, 2.24) is 0 Å². The SMILES string of the molecule is C#CC[N+]1(C)[C@H]2CC[C@H]1CC(OC(=O)[C@@H](CO)c1ccccc1)C2. The first-order valence-electron chi connectivity index (χ1n) is 8.73. The minimum atomic E-state index is -0.600. The van der Waals surface area contributed by atoms with Gasteiger partial charge in [-0.3, -0.25) is 4.79 Å². The summed E-state index contributed by atoms with van der Waals surface area (Å²) in [7, 11) is 2.24. The summed E-state index contributed by atoms with van der Waals surface area (Å²) in [5, 5.41) is 9.62. The summed E-state index contributed by atoms with van der Waals surface area (Å²) in [6, 6.07) is 10.3. The smallest absolute Gasteiger partial charge is 0.316 e. The highest BCUT2D eigenvalue weighted by molar-refractivity contribution is 5.78. The molecule has 4 nitrogen and oxygen atoms in total. The van der Waals surface area contributed by atoms with Crippen LogP contribution in [0.3, 0.4) is 0 Å². The van der Waals surface area contributed by atoms with E-state index < -0.39 is 5.92 Å². The third-order valence-electron chi connectivity index (χ3n) is 5.96. The van der Waals surface area contributed by atoms with Crippen molar-refractivity contribution in [2.45, 2.75) is 49.8 Å². The van der Waals surface area contributed by atoms with Crippen molar-refractivity contribution in [3.05, 3.63) is 35.9 Å². The third kappa shape index (κ3) is 3.07. The van der Waals surface area contributed by atoms with E-state index in [4.69, 9.17) is 11.2 Å². The molecule has 1 N–H and O–H groups in total. The van der Waals surface area contributed by atoms with Crippen molar-refractivity contribution in [2.24, 2.45) is 0 Å². The average Bonchev–Trinajstić information content (AvgIpc) is 2.75. The van der Waals surface area contributed by atoms with E-state index in [1.165, 1.54) is 0 Å². The van der Waals surface area contributed by atoms with Gasteiger partial charge in [-0.15, -0.1) is 6.42 Å². The summed E-state index contributed by atoms with van der Waals surface area (Å²) >= 11 is 0. The first-order chi connectivity index (χ1) is 11.6. The van der Waals surface area contributed by atoms with Crippen molar-refractivity contribution >= 4 is 5.97 Å². The molecule has 4 heteroatoms. The number of carbonyl (C=O) groups excluding carboxylic acids is 1. The van der Waals surface area contributed by atoms with Gasteiger partial charge >= 0.3 is 5.97 Å². The van der Waals surface area contributed by atoms with E-state index in [-0.39, 0.29) is 18.7 Å². The maximum atomic E-state index is 12.5. The number of rotatable bonds is 5. The van der Waals surface area contributed by atoms with E-state index in [9.17, 15) is 9.90 Å². The van der Waals surface area contributed by atoms with Crippen LogP contribution in [-0.2, 0) is 9.53 Å². The van der Waals surface area contributed by atoms with Crippen LogP contribution in [0.15, 0.2) is 30.3 Å². The quantitative estimate of drug-likeness (QED) is 0.511. The minimum Gasteiger partial charge on any atom is -0.461 e. The topological polar surface area (TPSA) is 46.5 Å². The summed E-state index contributed by atoms with van der Waals surface area (Å²) in [6.45, 7) is 0.520. The van der Waals surface area contributed by atoms with Crippen LogP contribution >= 0.6 is 0 Å². The Morgan fingerprint density at radius 2 is 1.96 bits per heavy atom. The number of esters is 1. The second-order valence-corrected chi connectivity index (χ2v) is 7.27. The Bertz CT molecular complexity index is 608. The van der Waals surface area contributed by atoms with E-state index in [0.717, 1.165) is 42.3 Å². The number of aliphatic hydroxyl groups is 1. The monoisotopic (exact) mass is 328 g/mol. The predicted octanol–water partition coefficient (Wildman–Crippen LogP) is 2.08. The van der Waals surface area contributed by atoms with Crippen LogP contribution in [0, 0.1) is 12.3 Å². The zero-order chi connectivity index (χ0) is 17.2. The van der Waals surface area contributed by atoms with Crippen LogP contribution in [0.2, 0.25) is 0 Å². The first-order valence-corrected chi connectivity index (χ1v) is 8.73. The van der Waals surface area contributed by atoms with Crippen molar-refractivity contribution in [3.63, 3.8) is 0 Å². The molecular weight excluding hydrogens is 302 g/mol. The molecule has 1 aromatic carbocycles. The highest BCUT2D eigenvalue weighted by Crippen LogP contribution is 2.42. The lowest BCUT2D eigenvalue weighted by Gasteiger charge is -2.45. The maximum Gasteiger partial charge on any atom is 0.316 e. The van der Waals surface area contributed by atoms with Crippen LogP contribution in [-0.4, -0.2) is 53.9 Å². The molecule has 0 amide bonds. The lowest BCUT2D eigenvalue weighted by Crippen LogP contribution is -2.59. The number of carbonyl (C=O) groups is 1. The fourth-order valence-electron chi connectivity index (χ4n) is 4.49. The molecule has 0 aromatic heterocycles. The van der Waals surface area contributed by atoms with Crippen LogP contribution in [0.1, 0.15) is 37.2 Å². The maximum absolute atomic E-state index is 12.5. The molecule has 1 aromatic rings. The Morgan fingerprint density at radius 3 is 2.50 bits per heavy atom. The Hall–Kier alpha value is -1.83. The van der Waals surface area contributed by atoms with Gasteiger partial charge in [0.1, 0.15) is 18.6 Å². The fraction of sp³-hybridized carbons (Fsp3) is 0.550. The van der Waals surface area contributed by atoms with Crippen LogP contribution in [0.4, 0.5) is 0 Å². The molecule has 2 fully saturated rings. The highest BCUT2D eigenvalue weighted by Gasteiger charge is 2.52. The standard InChI is InChI=1S/C20H26NO3/c1-3-11-21(2)16-9-10-17(21)13-18(12-16)24-20(23)19(14-22)15-7-5-4-6-8-15/h1,4-8,16-19,22H,9-14H2,2H3/q+1/t16-,17-,18?,19-,21?/m0/s1. The van der Waals surface area contributed by atoms with Gasteiger partial charge in [0.25, 0.3) is 0 Å². The number of hydrogen-bond acceptors (Lipinski definition) is 3. The zero-order valence-electron chi connectivity index (χ0n) is 14.2. The molecule has 0 aliphatic carbocycles. The second-order valence-electron chi connectivity index (χ2n) is 7.27. The predicted molar refractivity (Wildman–Crippen MR) is 92.1 cm³/mol. The van der Waals surface area contributed by atoms with Gasteiger partial charge in [0.2, 0.25) is 0 Å². The largest absolute Gasteiger partial charge is 0.461 e. The minimum absolute atomic E-state index is 0.0586. The van der Waals surface area contributed by atoms with Gasteiger partial charge in [-0.2, -0.15) is 0 Å². The molecule has 0 unspecified atom stereocenters. The number of hydrogen-bond donors (Lipinski definition) is 1. The van der Waals surface area contributed by atoms with Crippen molar-refractivity contribution in [3.8, 4) is 12.3 Å². The average molecular weight is 328 g/mol. The zero-order valence-corrected chi connectivity index (χ0v) is 14.2. The molecule has 2 aliphatic heterocycles. The van der Waals surface area contributed by atoms with E-state index in [0.29, 0.717) is 12.1 Å². The van der Waals surface area contributed by atoms with Gasteiger partial charge in [-0.05, 0) is 11.5 Å². The lowest BCUT2D eigenvalue weighted by molar-refractivity contribution is -0.943. The number of benzene rings is 1. The van der Waals surface area contributed by atoms with Gasteiger partial charge in [-0.1, -0.05) is 30.3 Å². The summed E-state index contributed by atoms with van der Waals surface area (Å²) in [5.74, 6) is 1.90. The molecule has 3 atom stereocenters. The number of ether oxygens (including phenoxy) is 1. The fourth-order valence-corrected chi connectivity index (χ4v) is 4.49. The number of piperidine rings is 1. The Balaban J connectivity index is 1.65. The molecular formula is C20H26NO3+. The summed E-state index contributed by atoms with van der Waals surface area (Å²) in [5.41, 5.74) is 0.803. The normalized spacial score (nSPS) is 32.8. The van der Waals surface area contributed by atoms with Crippen molar-refractivity contribution < 1.29 is 19.1 Å². The molecule has 3 rings (SSSR count). The van der Waals surface area contributed by atoms with E-state index >= 15 is 0 Å². The number of terminal acetylenes is 1. The van der Waals surface area contributed by atoms with Crippen LogP contribution < -0.4 is 0 Å². The third-order valence-corrected chi connectivity index (χ3v) is 5.96. The van der Waals surface area contributed by atoms with Crippen LogP contribution in [0.25, 0.3) is 0 Å². The summed E-state index contributed by atoms with van der Waals surface area (Å²) in [4.78, 5) is 12.5. The van der Waals surface area contributed by atoms with Gasteiger partial charge in [0, 0.05) is 25.7 Å². The molecule has 128 valence electrons. The van der Waals surface area contributed by atoms with Gasteiger partial charge in [-0.25, -0.2) is 0 Å². The molecule has 0 radical (unpaired) electrons. The molecule has 2 aliphatic rings. The van der Waals surface area contributed by atoms with Crippen molar-refractivity contribution in [2.75, 3.05) is 20.2 Å². The number of fused-ring (bicyclic) bond motifs is 2. The van der Waals surface area contributed by atoms with Crippen molar-refractivity contribution in [1.29, 1.82) is 0 Å². The molecule has 24 heavy (non-hydrogen) atoms. The molecule has 2 bridgehead atoms. The number of nitrogens with zero attached hydrogens (tertiary/aromatic N) is 1. The molecule has 0 spiro atoms. The number of quaternary nitrogens is 1. The lowest BCUT2D eigenvalue weighted by atomic mass is 9.96. The Morgan fingerprint density at radius 1 is 1.33 bits per heavy atom. The van der Waals surface area contributed by atoms with Crippen LogP contribution in [0.5, 0.6) is 0 Å². The highest BCUT2D eigenvalue weighted by atomic mass is 16.5.